The predicted molar refractivity (Wildman–Crippen MR) is 64.5 cm³/mol. The Labute approximate surface area is 103 Å². The Morgan fingerprint density at radius 1 is 1.12 bits per heavy atom. The van der Waals surface area contributed by atoms with E-state index in [2.05, 4.69) is 5.32 Å². The number of rotatable bonds is 9. The van der Waals surface area contributed by atoms with Crippen LogP contribution in [-0.2, 0) is 19.1 Å². The highest BCUT2D eigenvalue weighted by Gasteiger charge is 2.23. The van der Waals surface area contributed by atoms with Gasteiger partial charge in [0.25, 0.3) is 0 Å². The third-order valence-corrected chi connectivity index (χ3v) is 2.26. The number of ether oxygens (including phenoxy) is 2. The molecule has 17 heavy (non-hydrogen) atoms. The summed E-state index contributed by atoms with van der Waals surface area (Å²) < 4.78 is 9.78. The number of hydrogen-bond acceptors (Lipinski definition) is 5. The van der Waals surface area contributed by atoms with Gasteiger partial charge >= 0.3 is 11.9 Å². The quantitative estimate of drug-likeness (QED) is 0.487. The molecule has 0 bridgehead atoms. The summed E-state index contributed by atoms with van der Waals surface area (Å²) in [5, 5.41) is 3.12. The minimum atomic E-state index is -0.409. The van der Waals surface area contributed by atoms with Crippen LogP contribution in [0.4, 0.5) is 0 Å². The Morgan fingerprint density at radius 2 is 1.76 bits per heavy atom. The molecule has 0 aliphatic heterocycles. The van der Waals surface area contributed by atoms with Gasteiger partial charge in [0.05, 0.1) is 25.6 Å². The van der Waals surface area contributed by atoms with Gasteiger partial charge in [0.15, 0.2) is 0 Å². The Bertz CT molecular complexity index is 231. The minimum absolute atomic E-state index is 0.0953. The van der Waals surface area contributed by atoms with E-state index in [0.29, 0.717) is 26.2 Å². The average molecular weight is 245 g/mol. The highest BCUT2D eigenvalue weighted by Crippen LogP contribution is 2.11. The van der Waals surface area contributed by atoms with Crippen LogP contribution in [0.1, 0.15) is 33.6 Å². The van der Waals surface area contributed by atoms with Gasteiger partial charge in [-0.25, -0.2) is 0 Å². The van der Waals surface area contributed by atoms with Crippen molar-refractivity contribution in [1.29, 1.82) is 0 Å². The van der Waals surface area contributed by atoms with Crippen LogP contribution in [0.2, 0.25) is 0 Å². The van der Waals surface area contributed by atoms with Gasteiger partial charge < -0.3 is 14.8 Å². The molecule has 1 atom stereocenters. The van der Waals surface area contributed by atoms with E-state index in [1.165, 1.54) is 0 Å². The summed E-state index contributed by atoms with van der Waals surface area (Å²) in [5.41, 5.74) is 0. The molecule has 0 amide bonds. The van der Waals surface area contributed by atoms with E-state index in [4.69, 9.17) is 9.47 Å². The molecule has 100 valence electrons. The first-order valence-electron chi connectivity index (χ1n) is 6.18. The first kappa shape index (κ1) is 15.9. The summed E-state index contributed by atoms with van der Waals surface area (Å²) in [5.74, 6) is -1.08. The Morgan fingerprint density at radius 3 is 2.29 bits per heavy atom. The predicted octanol–water partition coefficient (Wildman–Crippen LogP) is 1.12. The molecule has 0 aromatic rings. The van der Waals surface area contributed by atoms with Crippen LogP contribution in [0.15, 0.2) is 0 Å². The lowest BCUT2D eigenvalue weighted by Gasteiger charge is -2.14. The van der Waals surface area contributed by atoms with Gasteiger partial charge in [0.1, 0.15) is 0 Å². The molecule has 0 fully saturated rings. The molecular weight excluding hydrogens is 222 g/mol. The second-order valence-corrected chi connectivity index (χ2v) is 3.60. The fourth-order valence-corrected chi connectivity index (χ4v) is 1.44. The van der Waals surface area contributed by atoms with E-state index in [0.717, 1.165) is 6.54 Å². The van der Waals surface area contributed by atoms with Crippen molar-refractivity contribution in [3.05, 3.63) is 0 Å². The third kappa shape index (κ3) is 7.74. The fourth-order valence-electron chi connectivity index (χ4n) is 1.44. The van der Waals surface area contributed by atoms with Crippen LogP contribution in [0.5, 0.6) is 0 Å². The van der Waals surface area contributed by atoms with Crippen LogP contribution in [-0.4, -0.2) is 38.2 Å². The van der Waals surface area contributed by atoms with Crippen molar-refractivity contribution in [2.24, 2.45) is 5.92 Å². The first-order chi connectivity index (χ1) is 8.15. The van der Waals surface area contributed by atoms with Gasteiger partial charge in [-0.15, -0.1) is 0 Å². The van der Waals surface area contributed by atoms with Crippen molar-refractivity contribution >= 4 is 11.9 Å². The summed E-state index contributed by atoms with van der Waals surface area (Å²) >= 11 is 0. The average Bonchev–Trinajstić information content (AvgIpc) is 2.28. The SMILES string of the molecule is CCNCCC(CC(=O)OCC)C(=O)OCC. The normalized spacial score (nSPS) is 11.9. The van der Waals surface area contributed by atoms with Crippen molar-refractivity contribution < 1.29 is 19.1 Å². The fraction of sp³-hybridized carbons (Fsp3) is 0.833. The molecule has 0 aliphatic carbocycles. The van der Waals surface area contributed by atoms with E-state index in [1.807, 2.05) is 6.92 Å². The molecule has 0 aromatic heterocycles. The maximum atomic E-state index is 11.6. The molecule has 5 heteroatoms. The van der Waals surface area contributed by atoms with Crippen molar-refractivity contribution in [3.8, 4) is 0 Å². The standard InChI is InChI=1S/C12H23NO4/c1-4-13-8-7-10(12(15)17-6-3)9-11(14)16-5-2/h10,13H,4-9H2,1-3H3. The zero-order valence-electron chi connectivity index (χ0n) is 11.0. The van der Waals surface area contributed by atoms with E-state index in [9.17, 15) is 9.59 Å². The van der Waals surface area contributed by atoms with Crippen molar-refractivity contribution in [2.75, 3.05) is 26.3 Å². The second kappa shape index (κ2) is 10.1. The van der Waals surface area contributed by atoms with Crippen molar-refractivity contribution in [3.63, 3.8) is 0 Å². The molecule has 0 aromatic carbocycles. The van der Waals surface area contributed by atoms with Crippen LogP contribution < -0.4 is 5.32 Å². The Balaban J connectivity index is 4.18. The maximum Gasteiger partial charge on any atom is 0.309 e. The molecule has 0 saturated heterocycles. The second-order valence-electron chi connectivity index (χ2n) is 3.60. The van der Waals surface area contributed by atoms with E-state index in [-0.39, 0.29) is 18.4 Å². The van der Waals surface area contributed by atoms with Crippen LogP contribution in [0.25, 0.3) is 0 Å². The lowest BCUT2D eigenvalue weighted by Crippen LogP contribution is -2.26. The number of carbonyl (C=O) groups is 2. The van der Waals surface area contributed by atoms with Crippen LogP contribution >= 0.6 is 0 Å². The summed E-state index contributed by atoms with van der Waals surface area (Å²) in [4.78, 5) is 23.0. The smallest absolute Gasteiger partial charge is 0.309 e. The number of esters is 2. The molecule has 0 saturated carbocycles. The molecule has 0 radical (unpaired) electrons. The van der Waals surface area contributed by atoms with Gasteiger partial charge in [-0.3, -0.25) is 9.59 Å². The monoisotopic (exact) mass is 245 g/mol. The van der Waals surface area contributed by atoms with Gasteiger partial charge in [-0.05, 0) is 33.4 Å². The number of carbonyl (C=O) groups excluding carboxylic acids is 2. The topological polar surface area (TPSA) is 64.6 Å². The summed E-state index contributed by atoms with van der Waals surface area (Å²) in [7, 11) is 0. The first-order valence-corrected chi connectivity index (χ1v) is 6.18. The molecule has 0 heterocycles. The van der Waals surface area contributed by atoms with Gasteiger partial charge in [0.2, 0.25) is 0 Å². The molecular formula is C12H23NO4. The van der Waals surface area contributed by atoms with E-state index < -0.39 is 5.92 Å². The highest BCUT2D eigenvalue weighted by atomic mass is 16.5. The summed E-state index contributed by atoms with van der Waals surface area (Å²) in [6.45, 7) is 7.69. The molecule has 1 unspecified atom stereocenters. The number of hydrogen-bond donors (Lipinski definition) is 1. The van der Waals surface area contributed by atoms with Crippen molar-refractivity contribution in [1.82, 2.24) is 5.32 Å². The summed E-state index contributed by atoms with van der Waals surface area (Å²) in [6.07, 6.45) is 0.684. The Hall–Kier alpha value is -1.10. The molecule has 0 spiro atoms. The largest absolute Gasteiger partial charge is 0.466 e. The molecule has 0 rings (SSSR count). The van der Waals surface area contributed by atoms with Gasteiger partial charge in [-0.1, -0.05) is 6.92 Å². The maximum absolute atomic E-state index is 11.6. The minimum Gasteiger partial charge on any atom is -0.466 e. The third-order valence-electron chi connectivity index (χ3n) is 2.26. The summed E-state index contributed by atoms with van der Waals surface area (Å²) in [6, 6.07) is 0. The van der Waals surface area contributed by atoms with Gasteiger partial charge in [0, 0.05) is 0 Å². The van der Waals surface area contributed by atoms with E-state index in [1.54, 1.807) is 13.8 Å². The lowest BCUT2D eigenvalue weighted by molar-refractivity contribution is -0.154. The van der Waals surface area contributed by atoms with Crippen LogP contribution in [0, 0.1) is 5.92 Å². The molecule has 0 aliphatic rings. The van der Waals surface area contributed by atoms with Gasteiger partial charge in [-0.2, -0.15) is 0 Å². The highest BCUT2D eigenvalue weighted by molar-refractivity contribution is 5.79. The van der Waals surface area contributed by atoms with E-state index >= 15 is 0 Å². The zero-order valence-corrected chi connectivity index (χ0v) is 11.0. The molecule has 1 N–H and O–H groups in total. The number of nitrogens with one attached hydrogen (secondary N) is 1. The van der Waals surface area contributed by atoms with Crippen LogP contribution in [0.3, 0.4) is 0 Å². The lowest BCUT2D eigenvalue weighted by atomic mass is 10.0. The zero-order chi connectivity index (χ0) is 13.1. The molecule has 5 nitrogen and oxygen atoms in total. The Kier molecular flexibility index (Phi) is 9.43. The van der Waals surface area contributed by atoms with Crippen molar-refractivity contribution in [2.45, 2.75) is 33.6 Å².